The predicted molar refractivity (Wildman–Crippen MR) is 74.6 cm³/mol. The Bertz CT molecular complexity index is 428. The lowest BCUT2D eigenvalue weighted by Crippen LogP contribution is -2.59. The van der Waals surface area contributed by atoms with Crippen molar-refractivity contribution in [3.05, 3.63) is 0 Å². The van der Waals surface area contributed by atoms with E-state index in [1.165, 1.54) is 6.42 Å². The summed E-state index contributed by atoms with van der Waals surface area (Å²) < 4.78 is 0. The normalized spacial score (nSPS) is 24.0. The summed E-state index contributed by atoms with van der Waals surface area (Å²) in [6.45, 7) is 3.06. The van der Waals surface area contributed by atoms with Gasteiger partial charge < -0.3 is 21.1 Å². The zero-order valence-electron chi connectivity index (χ0n) is 12.0. The van der Waals surface area contributed by atoms with Crippen molar-refractivity contribution in [3.63, 3.8) is 0 Å². The van der Waals surface area contributed by atoms with E-state index in [0.29, 0.717) is 19.1 Å². The second-order valence-electron chi connectivity index (χ2n) is 5.64. The summed E-state index contributed by atoms with van der Waals surface area (Å²) in [5, 5.41) is 11.4. The van der Waals surface area contributed by atoms with Gasteiger partial charge in [0, 0.05) is 25.7 Å². The number of urea groups is 1. The molecule has 8 heteroatoms. The molecule has 0 aromatic carbocycles. The number of amides is 3. The summed E-state index contributed by atoms with van der Waals surface area (Å²) in [7, 11) is 0. The van der Waals surface area contributed by atoms with E-state index in [2.05, 4.69) is 10.2 Å². The molecule has 118 valence electrons. The predicted octanol–water partition coefficient (Wildman–Crippen LogP) is -0.805. The van der Waals surface area contributed by atoms with Crippen LogP contribution in [0.5, 0.6) is 0 Å². The fraction of sp³-hybridized carbons (Fsp3) is 0.769. The number of primary amides is 1. The van der Waals surface area contributed by atoms with Crippen molar-refractivity contribution in [1.29, 1.82) is 0 Å². The minimum Gasteiger partial charge on any atom is -0.480 e. The van der Waals surface area contributed by atoms with Gasteiger partial charge in [-0.3, -0.25) is 9.69 Å². The van der Waals surface area contributed by atoms with Crippen LogP contribution in [0.2, 0.25) is 0 Å². The molecule has 0 bridgehead atoms. The number of fused-ring (bicyclic) bond motifs is 1. The van der Waals surface area contributed by atoms with Crippen molar-refractivity contribution in [2.24, 2.45) is 5.73 Å². The number of carbonyl (C=O) groups excluding carboxylic acids is 2. The van der Waals surface area contributed by atoms with Gasteiger partial charge in [-0.15, -0.1) is 0 Å². The molecule has 2 saturated heterocycles. The Labute approximate surface area is 123 Å². The first kappa shape index (κ1) is 15.6. The Kier molecular flexibility index (Phi) is 5.00. The molecule has 2 rings (SSSR count). The number of piperidine rings is 1. The highest BCUT2D eigenvalue weighted by Crippen LogP contribution is 2.21. The highest BCUT2D eigenvalue weighted by Gasteiger charge is 2.32. The number of rotatable bonds is 4. The number of piperazine rings is 1. The van der Waals surface area contributed by atoms with E-state index in [1.807, 2.05) is 0 Å². The summed E-state index contributed by atoms with van der Waals surface area (Å²) in [4.78, 5) is 38.0. The van der Waals surface area contributed by atoms with E-state index in [1.54, 1.807) is 4.90 Å². The third-order valence-corrected chi connectivity index (χ3v) is 4.13. The average molecular weight is 298 g/mol. The van der Waals surface area contributed by atoms with Crippen molar-refractivity contribution < 1.29 is 19.5 Å². The maximum absolute atomic E-state index is 12.1. The monoisotopic (exact) mass is 298 g/mol. The van der Waals surface area contributed by atoms with Gasteiger partial charge in [0.25, 0.3) is 0 Å². The number of hydrogen-bond donors (Lipinski definition) is 3. The van der Waals surface area contributed by atoms with Gasteiger partial charge in [-0.05, 0) is 19.4 Å². The Morgan fingerprint density at radius 2 is 2.00 bits per heavy atom. The zero-order valence-corrected chi connectivity index (χ0v) is 12.0. The van der Waals surface area contributed by atoms with Crippen LogP contribution in [-0.2, 0) is 9.59 Å². The van der Waals surface area contributed by atoms with Gasteiger partial charge in [0.15, 0.2) is 0 Å². The molecule has 1 unspecified atom stereocenters. The molecule has 8 nitrogen and oxygen atoms in total. The summed E-state index contributed by atoms with van der Waals surface area (Å²) >= 11 is 0. The van der Waals surface area contributed by atoms with Crippen LogP contribution in [0.4, 0.5) is 4.79 Å². The molecular weight excluding hydrogens is 276 g/mol. The SMILES string of the molecule is NC(=O)C[C@H](NC(=O)N1CCN2CCCCC2C1)C(=O)O. The van der Waals surface area contributed by atoms with Gasteiger partial charge in [-0.25, -0.2) is 9.59 Å². The van der Waals surface area contributed by atoms with Gasteiger partial charge in [0.2, 0.25) is 5.91 Å². The molecule has 4 N–H and O–H groups in total. The fourth-order valence-corrected chi connectivity index (χ4v) is 2.98. The standard InChI is InChI=1S/C13H22N4O4/c14-11(18)7-10(12(19)20)15-13(21)17-6-5-16-4-2-1-3-9(16)8-17/h9-10H,1-8H2,(H2,14,18)(H,15,21)(H,19,20)/t9?,10-/m0/s1. The van der Waals surface area contributed by atoms with Gasteiger partial charge in [-0.2, -0.15) is 0 Å². The maximum Gasteiger partial charge on any atom is 0.326 e. The van der Waals surface area contributed by atoms with Crippen LogP contribution < -0.4 is 11.1 Å². The third-order valence-electron chi connectivity index (χ3n) is 4.13. The van der Waals surface area contributed by atoms with Crippen LogP contribution in [0.3, 0.4) is 0 Å². The molecule has 3 amide bonds. The number of nitrogens with one attached hydrogen (secondary N) is 1. The first-order valence-electron chi connectivity index (χ1n) is 7.28. The molecule has 0 aromatic heterocycles. The van der Waals surface area contributed by atoms with Gasteiger partial charge in [-0.1, -0.05) is 6.42 Å². The Balaban J connectivity index is 1.90. The number of carbonyl (C=O) groups is 3. The first-order valence-corrected chi connectivity index (χ1v) is 7.28. The summed E-state index contributed by atoms with van der Waals surface area (Å²) in [6, 6.07) is -1.34. The molecule has 2 aliphatic rings. The quantitative estimate of drug-likeness (QED) is 0.628. The number of hydrogen-bond acceptors (Lipinski definition) is 4. The Morgan fingerprint density at radius 3 is 2.67 bits per heavy atom. The topological polar surface area (TPSA) is 116 Å². The van der Waals surface area contributed by atoms with Crippen LogP contribution in [0.15, 0.2) is 0 Å². The highest BCUT2D eigenvalue weighted by atomic mass is 16.4. The van der Waals surface area contributed by atoms with Crippen molar-refractivity contribution in [2.75, 3.05) is 26.2 Å². The van der Waals surface area contributed by atoms with Crippen LogP contribution in [0.1, 0.15) is 25.7 Å². The lowest BCUT2D eigenvalue weighted by molar-refractivity contribution is -0.141. The first-order chi connectivity index (χ1) is 9.97. The fourth-order valence-electron chi connectivity index (χ4n) is 2.98. The second-order valence-corrected chi connectivity index (χ2v) is 5.64. The Hall–Kier alpha value is -1.83. The van der Waals surface area contributed by atoms with Crippen LogP contribution in [0, 0.1) is 0 Å². The highest BCUT2D eigenvalue weighted by molar-refractivity contribution is 5.87. The summed E-state index contributed by atoms with van der Waals surface area (Å²) in [5.41, 5.74) is 5.00. The second kappa shape index (κ2) is 6.75. The number of carboxylic acids is 1. The van der Waals surface area contributed by atoms with Crippen molar-refractivity contribution in [3.8, 4) is 0 Å². The number of aliphatic carboxylic acids is 1. The number of nitrogens with zero attached hydrogens (tertiary/aromatic N) is 2. The van der Waals surface area contributed by atoms with Crippen molar-refractivity contribution in [1.82, 2.24) is 15.1 Å². The largest absolute Gasteiger partial charge is 0.480 e. The average Bonchev–Trinajstić information content (AvgIpc) is 2.45. The van der Waals surface area contributed by atoms with E-state index in [0.717, 1.165) is 25.9 Å². The molecule has 2 heterocycles. The lowest BCUT2D eigenvalue weighted by atomic mass is 10.00. The summed E-state index contributed by atoms with van der Waals surface area (Å²) in [6.07, 6.45) is 3.02. The zero-order chi connectivity index (χ0) is 15.4. The number of nitrogens with two attached hydrogens (primary N) is 1. The molecule has 0 aliphatic carbocycles. The van der Waals surface area contributed by atoms with E-state index < -0.39 is 30.4 Å². The molecule has 0 radical (unpaired) electrons. The molecule has 0 aromatic rings. The third kappa shape index (κ3) is 4.07. The lowest BCUT2D eigenvalue weighted by Gasteiger charge is -2.44. The summed E-state index contributed by atoms with van der Waals surface area (Å²) in [5.74, 6) is -2.00. The number of carboxylic acid groups (broad SMARTS) is 1. The van der Waals surface area contributed by atoms with Crippen LogP contribution in [-0.4, -0.2) is 71.1 Å². The minimum absolute atomic E-state index is 0.359. The molecule has 2 fully saturated rings. The van der Waals surface area contributed by atoms with Crippen molar-refractivity contribution in [2.45, 2.75) is 37.8 Å². The van der Waals surface area contributed by atoms with Crippen LogP contribution in [0.25, 0.3) is 0 Å². The molecule has 2 aliphatic heterocycles. The van der Waals surface area contributed by atoms with E-state index in [9.17, 15) is 14.4 Å². The van der Waals surface area contributed by atoms with Crippen LogP contribution >= 0.6 is 0 Å². The van der Waals surface area contributed by atoms with Gasteiger partial charge in [0.1, 0.15) is 6.04 Å². The van der Waals surface area contributed by atoms with E-state index >= 15 is 0 Å². The Morgan fingerprint density at radius 1 is 1.24 bits per heavy atom. The van der Waals surface area contributed by atoms with Gasteiger partial charge in [0.05, 0.1) is 6.42 Å². The molecule has 21 heavy (non-hydrogen) atoms. The van der Waals surface area contributed by atoms with E-state index in [-0.39, 0.29) is 0 Å². The molecular formula is C13H22N4O4. The molecule has 0 saturated carbocycles. The minimum atomic E-state index is -1.26. The molecule has 2 atom stereocenters. The molecule has 0 spiro atoms. The smallest absolute Gasteiger partial charge is 0.326 e. The maximum atomic E-state index is 12.1. The van der Waals surface area contributed by atoms with E-state index in [4.69, 9.17) is 10.8 Å². The van der Waals surface area contributed by atoms with Crippen molar-refractivity contribution >= 4 is 17.9 Å². The van der Waals surface area contributed by atoms with Gasteiger partial charge >= 0.3 is 12.0 Å².